The van der Waals surface area contributed by atoms with Gasteiger partial charge < -0.3 is 19.6 Å². The Morgan fingerprint density at radius 1 is 1.42 bits per heavy atom. The van der Waals surface area contributed by atoms with Crippen molar-refractivity contribution in [2.45, 2.75) is 25.2 Å². The monoisotopic (exact) mass is 344 g/mol. The molecule has 3 heterocycles. The summed E-state index contributed by atoms with van der Waals surface area (Å²) in [6.07, 6.45) is -3.30. The van der Waals surface area contributed by atoms with Gasteiger partial charge in [-0.2, -0.15) is 13.2 Å². The molecule has 128 valence electrons. The van der Waals surface area contributed by atoms with Crippen LogP contribution in [0.3, 0.4) is 0 Å². The minimum absolute atomic E-state index is 0.0467. The van der Waals surface area contributed by atoms with E-state index in [1.54, 1.807) is 0 Å². The third kappa shape index (κ3) is 3.39. The maximum atomic E-state index is 12.6. The molecule has 1 aliphatic heterocycles. The summed E-state index contributed by atoms with van der Waals surface area (Å²) in [5.74, 6) is -0.501. The normalized spacial score (nSPS) is 17.0. The average molecular weight is 344 g/mol. The van der Waals surface area contributed by atoms with Crippen LogP contribution in [-0.4, -0.2) is 32.2 Å². The van der Waals surface area contributed by atoms with Crippen LogP contribution in [0.15, 0.2) is 24.4 Å². The van der Waals surface area contributed by atoms with Crippen molar-refractivity contribution in [1.29, 1.82) is 0 Å². The van der Waals surface area contributed by atoms with Crippen molar-refractivity contribution in [2.24, 2.45) is 0 Å². The standard InChI is InChI=1S/C13H11F3N4O4/c14-13(15,16)9-2-1-3-11(17-9)23-7-8-4-5-19-6-10(20(21)22)18-12(19)24-8/h1-3,6,8H,4-5,7H2. The van der Waals surface area contributed by atoms with Gasteiger partial charge in [0.15, 0.2) is 0 Å². The van der Waals surface area contributed by atoms with Crippen molar-refractivity contribution in [2.75, 3.05) is 6.61 Å². The summed E-state index contributed by atoms with van der Waals surface area (Å²) in [4.78, 5) is 17.2. The Morgan fingerprint density at radius 2 is 2.21 bits per heavy atom. The molecular formula is C13H11F3N4O4. The van der Waals surface area contributed by atoms with Crippen LogP contribution in [0, 0.1) is 10.1 Å². The second-order valence-electron chi connectivity index (χ2n) is 5.03. The second-order valence-corrected chi connectivity index (χ2v) is 5.03. The maximum Gasteiger partial charge on any atom is 0.433 e. The van der Waals surface area contributed by atoms with Crippen molar-refractivity contribution >= 4 is 5.82 Å². The number of pyridine rings is 1. The van der Waals surface area contributed by atoms with Gasteiger partial charge in [-0.15, -0.1) is 0 Å². The molecule has 0 bridgehead atoms. The van der Waals surface area contributed by atoms with Crippen molar-refractivity contribution in [3.63, 3.8) is 0 Å². The summed E-state index contributed by atoms with van der Waals surface area (Å²) in [6.45, 7) is 0.384. The van der Waals surface area contributed by atoms with Crippen molar-refractivity contribution < 1.29 is 27.6 Å². The molecule has 0 saturated heterocycles. The number of ether oxygens (including phenoxy) is 2. The Morgan fingerprint density at radius 3 is 2.92 bits per heavy atom. The summed E-state index contributed by atoms with van der Waals surface area (Å²) < 4.78 is 50.0. The lowest BCUT2D eigenvalue weighted by molar-refractivity contribution is -0.389. The lowest BCUT2D eigenvalue weighted by Gasteiger charge is -2.22. The zero-order valence-electron chi connectivity index (χ0n) is 12.1. The highest BCUT2D eigenvalue weighted by molar-refractivity contribution is 5.21. The van der Waals surface area contributed by atoms with Gasteiger partial charge in [-0.3, -0.25) is 4.57 Å². The van der Waals surface area contributed by atoms with Gasteiger partial charge in [0.2, 0.25) is 5.88 Å². The second kappa shape index (κ2) is 5.98. The molecule has 1 aliphatic rings. The van der Waals surface area contributed by atoms with Gasteiger partial charge in [-0.25, -0.2) is 4.98 Å². The van der Waals surface area contributed by atoms with Crippen LogP contribution < -0.4 is 9.47 Å². The van der Waals surface area contributed by atoms with Crippen molar-refractivity contribution in [3.05, 3.63) is 40.2 Å². The topological polar surface area (TPSA) is 92.3 Å². The first-order valence-corrected chi connectivity index (χ1v) is 6.88. The summed E-state index contributed by atoms with van der Waals surface area (Å²) in [6, 6.07) is 3.44. The lowest BCUT2D eigenvalue weighted by Crippen LogP contribution is -2.31. The van der Waals surface area contributed by atoms with E-state index >= 15 is 0 Å². The van der Waals surface area contributed by atoms with Crippen LogP contribution in [0.1, 0.15) is 12.1 Å². The van der Waals surface area contributed by atoms with Crippen molar-refractivity contribution in [1.82, 2.24) is 14.5 Å². The zero-order valence-corrected chi connectivity index (χ0v) is 12.1. The van der Waals surface area contributed by atoms with Crippen LogP contribution in [0.4, 0.5) is 19.0 Å². The average Bonchev–Trinajstić information content (AvgIpc) is 2.96. The highest BCUT2D eigenvalue weighted by atomic mass is 19.4. The number of aromatic nitrogens is 3. The van der Waals surface area contributed by atoms with Crippen LogP contribution in [-0.2, 0) is 12.7 Å². The Bertz CT molecular complexity index is 762. The molecule has 0 radical (unpaired) electrons. The maximum absolute atomic E-state index is 12.6. The first-order valence-electron chi connectivity index (χ1n) is 6.88. The van der Waals surface area contributed by atoms with Gasteiger partial charge in [0.25, 0.3) is 0 Å². The van der Waals surface area contributed by atoms with E-state index in [1.807, 2.05) is 0 Å². The summed E-state index contributed by atoms with van der Waals surface area (Å²) in [7, 11) is 0. The number of aryl methyl sites for hydroxylation is 1. The molecule has 1 unspecified atom stereocenters. The van der Waals surface area contributed by atoms with Crippen LogP contribution in [0.2, 0.25) is 0 Å². The molecular weight excluding hydrogens is 333 g/mol. The number of rotatable bonds is 4. The highest BCUT2D eigenvalue weighted by Gasteiger charge is 2.33. The number of nitrogens with zero attached hydrogens (tertiary/aromatic N) is 4. The fraction of sp³-hybridized carbons (Fsp3) is 0.385. The number of nitro groups is 1. The van der Waals surface area contributed by atoms with Gasteiger partial charge >= 0.3 is 18.0 Å². The minimum Gasteiger partial charge on any atom is -0.474 e. The molecule has 0 fully saturated rings. The van der Waals surface area contributed by atoms with Gasteiger partial charge in [-0.1, -0.05) is 6.07 Å². The fourth-order valence-electron chi connectivity index (χ4n) is 2.17. The van der Waals surface area contributed by atoms with E-state index in [2.05, 4.69) is 9.97 Å². The van der Waals surface area contributed by atoms with Crippen LogP contribution in [0.5, 0.6) is 11.9 Å². The van der Waals surface area contributed by atoms with E-state index in [4.69, 9.17) is 9.47 Å². The van der Waals surface area contributed by atoms with Gasteiger partial charge in [-0.05, 0) is 11.0 Å². The van der Waals surface area contributed by atoms with E-state index in [0.717, 1.165) is 6.07 Å². The molecule has 8 nitrogen and oxygen atoms in total. The smallest absolute Gasteiger partial charge is 0.433 e. The van der Waals surface area contributed by atoms with Crippen LogP contribution in [0.25, 0.3) is 0 Å². The Kier molecular flexibility index (Phi) is 3.99. The molecule has 0 saturated carbocycles. The molecule has 0 spiro atoms. The highest BCUT2D eigenvalue weighted by Crippen LogP contribution is 2.29. The molecule has 1 atom stereocenters. The Balaban J connectivity index is 1.63. The summed E-state index contributed by atoms with van der Waals surface area (Å²) in [5, 5.41) is 10.7. The molecule has 0 aromatic carbocycles. The van der Waals surface area contributed by atoms with Crippen molar-refractivity contribution in [3.8, 4) is 11.9 Å². The van der Waals surface area contributed by atoms with Gasteiger partial charge in [0, 0.05) is 24.0 Å². The van der Waals surface area contributed by atoms with E-state index in [9.17, 15) is 23.3 Å². The largest absolute Gasteiger partial charge is 0.474 e. The molecule has 2 aromatic rings. The molecule has 11 heteroatoms. The predicted octanol–water partition coefficient (Wildman–Crippen LogP) is 2.44. The Hall–Kier alpha value is -2.85. The quantitative estimate of drug-likeness (QED) is 0.625. The number of alkyl halides is 3. The third-order valence-corrected chi connectivity index (χ3v) is 3.31. The molecule has 0 amide bonds. The molecule has 24 heavy (non-hydrogen) atoms. The predicted molar refractivity (Wildman–Crippen MR) is 72.6 cm³/mol. The fourth-order valence-corrected chi connectivity index (χ4v) is 2.17. The molecule has 2 aromatic heterocycles. The van der Waals surface area contributed by atoms with Crippen LogP contribution >= 0.6 is 0 Å². The summed E-state index contributed by atoms with van der Waals surface area (Å²) >= 11 is 0. The minimum atomic E-state index is -4.55. The van der Waals surface area contributed by atoms with E-state index in [0.29, 0.717) is 13.0 Å². The third-order valence-electron chi connectivity index (χ3n) is 3.31. The first kappa shape index (κ1) is 16.0. The first-order chi connectivity index (χ1) is 11.3. The number of fused-ring (bicyclic) bond motifs is 1. The number of hydrogen-bond donors (Lipinski definition) is 0. The van der Waals surface area contributed by atoms with E-state index < -0.39 is 22.9 Å². The van der Waals surface area contributed by atoms with Gasteiger partial charge in [0.1, 0.15) is 24.6 Å². The Labute approximate surface area is 133 Å². The molecule has 0 N–H and O–H groups in total. The van der Waals surface area contributed by atoms with E-state index in [-0.39, 0.29) is 24.3 Å². The van der Waals surface area contributed by atoms with Gasteiger partial charge in [0.05, 0.1) is 0 Å². The number of hydrogen-bond acceptors (Lipinski definition) is 6. The van der Waals surface area contributed by atoms with E-state index in [1.165, 1.54) is 22.9 Å². The number of imidazole rings is 1. The SMILES string of the molecule is O=[N+]([O-])c1cn2c(n1)OC(COc1cccc(C(F)(F)F)n1)CC2. The summed E-state index contributed by atoms with van der Waals surface area (Å²) in [5.41, 5.74) is -1.05. The zero-order chi connectivity index (χ0) is 17.3. The number of halogens is 3. The molecule has 0 aliphatic carbocycles. The molecule has 3 rings (SSSR count). The lowest BCUT2D eigenvalue weighted by atomic mass is 10.2.